The first-order chi connectivity index (χ1) is 13.7. The molecule has 1 aliphatic heterocycles. The number of hydrogen-bond acceptors (Lipinski definition) is 5. The van der Waals surface area contributed by atoms with Crippen molar-refractivity contribution in [2.75, 3.05) is 33.4 Å². The van der Waals surface area contributed by atoms with Gasteiger partial charge in [-0.2, -0.15) is 5.10 Å². The molecule has 0 N–H and O–H groups in total. The Hall–Kier alpha value is -1.67. The van der Waals surface area contributed by atoms with Gasteiger partial charge in [0.2, 0.25) is 0 Å². The minimum absolute atomic E-state index is 0.341. The van der Waals surface area contributed by atoms with E-state index in [0.29, 0.717) is 0 Å². The van der Waals surface area contributed by atoms with Crippen LogP contribution in [0.15, 0.2) is 36.7 Å². The number of hydrogen-bond donors (Lipinski definition) is 0. The van der Waals surface area contributed by atoms with Crippen LogP contribution in [0.25, 0.3) is 11.1 Å². The lowest BCUT2D eigenvalue weighted by molar-refractivity contribution is 0.00578. The Kier molecular flexibility index (Phi) is 6.84. The summed E-state index contributed by atoms with van der Waals surface area (Å²) >= 11 is 0. The van der Waals surface area contributed by atoms with Crippen LogP contribution in [-0.4, -0.2) is 66.4 Å². The number of benzene rings is 1. The average molecular weight is 399 g/mol. The highest BCUT2D eigenvalue weighted by Crippen LogP contribution is 2.36. The van der Waals surface area contributed by atoms with Gasteiger partial charge in [0.1, 0.15) is 0 Å². The Labute approximate surface area is 175 Å². The summed E-state index contributed by atoms with van der Waals surface area (Å²) in [5.41, 5.74) is 2.57. The SMILES string of the molecule is CCOCCN(C)CCn1cc(-c2cccc(B3OC(C)(C)C(C)(C)O3)c2)cn1. The average Bonchev–Trinajstić information content (AvgIpc) is 3.22. The van der Waals surface area contributed by atoms with Crippen LogP contribution in [0.4, 0.5) is 0 Å². The van der Waals surface area contributed by atoms with E-state index in [9.17, 15) is 0 Å². The van der Waals surface area contributed by atoms with Crippen LogP contribution >= 0.6 is 0 Å². The molecule has 1 aliphatic rings. The van der Waals surface area contributed by atoms with Crippen molar-refractivity contribution in [3.05, 3.63) is 36.7 Å². The van der Waals surface area contributed by atoms with Crippen LogP contribution in [0.2, 0.25) is 0 Å². The maximum Gasteiger partial charge on any atom is 0.494 e. The molecule has 2 heterocycles. The van der Waals surface area contributed by atoms with Crippen molar-refractivity contribution >= 4 is 12.6 Å². The number of nitrogens with zero attached hydrogens (tertiary/aromatic N) is 3. The van der Waals surface area contributed by atoms with Crippen molar-refractivity contribution in [2.45, 2.75) is 52.4 Å². The first-order valence-electron chi connectivity index (χ1n) is 10.5. The van der Waals surface area contributed by atoms with Crippen LogP contribution < -0.4 is 5.46 Å². The second kappa shape index (κ2) is 9.00. The van der Waals surface area contributed by atoms with E-state index < -0.39 is 0 Å². The number of rotatable bonds is 9. The first-order valence-corrected chi connectivity index (χ1v) is 10.5. The Morgan fingerprint density at radius 1 is 1.10 bits per heavy atom. The lowest BCUT2D eigenvalue weighted by Crippen LogP contribution is -2.41. The van der Waals surface area contributed by atoms with E-state index in [0.717, 1.165) is 49.4 Å². The molecule has 1 aromatic carbocycles. The van der Waals surface area contributed by atoms with Gasteiger partial charge in [0, 0.05) is 31.5 Å². The van der Waals surface area contributed by atoms with Gasteiger partial charge in [-0.1, -0.05) is 24.3 Å². The van der Waals surface area contributed by atoms with Gasteiger partial charge in [-0.3, -0.25) is 4.68 Å². The summed E-state index contributed by atoms with van der Waals surface area (Å²) in [6, 6.07) is 8.35. The predicted molar refractivity (Wildman–Crippen MR) is 117 cm³/mol. The van der Waals surface area contributed by atoms with Gasteiger partial charge in [0.25, 0.3) is 0 Å². The van der Waals surface area contributed by atoms with Gasteiger partial charge in [-0.25, -0.2) is 0 Å². The van der Waals surface area contributed by atoms with E-state index in [2.05, 4.69) is 75.2 Å². The van der Waals surface area contributed by atoms with Gasteiger partial charge in [-0.05, 0) is 52.7 Å². The monoisotopic (exact) mass is 399 g/mol. The van der Waals surface area contributed by atoms with Crippen LogP contribution in [-0.2, 0) is 20.6 Å². The van der Waals surface area contributed by atoms with Crippen molar-refractivity contribution in [3.63, 3.8) is 0 Å². The molecule has 0 saturated carbocycles. The summed E-state index contributed by atoms with van der Waals surface area (Å²) in [4.78, 5) is 2.26. The molecule has 0 unspecified atom stereocenters. The molecule has 6 nitrogen and oxygen atoms in total. The normalized spacial score (nSPS) is 18.0. The molecule has 0 spiro atoms. The Bertz CT molecular complexity index is 790. The van der Waals surface area contributed by atoms with Gasteiger partial charge >= 0.3 is 7.12 Å². The second-order valence-electron chi connectivity index (χ2n) is 8.71. The molecule has 29 heavy (non-hydrogen) atoms. The molecular formula is C22H34BN3O3. The van der Waals surface area contributed by atoms with E-state index in [1.807, 2.05) is 17.8 Å². The third kappa shape index (κ3) is 5.28. The van der Waals surface area contributed by atoms with Crippen LogP contribution in [0.5, 0.6) is 0 Å². The van der Waals surface area contributed by atoms with Gasteiger partial charge in [0.15, 0.2) is 0 Å². The Morgan fingerprint density at radius 3 is 2.52 bits per heavy atom. The summed E-state index contributed by atoms with van der Waals surface area (Å²) in [7, 11) is 1.76. The molecule has 0 bridgehead atoms. The van der Waals surface area contributed by atoms with Crippen LogP contribution in [0.3, 0.4) is 0 Å². The quantitative estimate of drug-likeness (QED) is 0.480. The maximum atomic E-state index is 6.19. The molecule has 0 aliphatic carbocycles. The number of ether oxygens (including phenoxy) is 1. The largest absolute Gasteiger partial charge is 0.494 e. The van der Waals surface area contributed by atoms with E-state index >= 15 is 0 Å². The van der Waals surface area contributed by atoms with E-state index in [4.69, 9.17) is 14.0 Å². The summed E-state index contributed by atoms with van der Waals surface area (Å²) in [6.07, 6.45) is 4.02. The molecule has 1 aromatic heterocycles. The van der Waals surface area contributed by atoms with Crippen LogP contribution in [0.1, 0.15) is 34.6 Å². The maximum absolute atomic E-state index is 6.19. The standard InChI is InChI=1S/C22H34BN3O3/c1-7-27-14-13-25(6)11-12-26-17-19(16-24-26)18-9-8-10-20(15-18)23-28-21(2,3)22(4,5)29-23/h8-10,15-17H,7,11-14H2,1-6H3. The lowest BCUT2D eigenvalue weighted by atomic mass is 9.78. The zero-order chi connectivity index (χ0) is 21.1. The summed E-state index contributed by atoms with van der Waals surface area (Å²) in [5.74, 6) is 0. The molecule has 7 heteroatoms. The number of likely N-dealkylation sites (N-methyl/N-ethyl adjacent to an activating group) is 1. The fourth-order valence-electron chi connectivity index (χ4n) is 3.23. The van der Waals surface area contributed by atoms with Crippen LogP contribution in [0, 0.1) is 0 Å². The molecule has 2 aromatic rings. The topological polar surface area (TPSA) is 48.8 Å². The number of aromatic nitrogens is 2. The zero-order valence-electron chi connectivity index (χ0n) is 18.6. The Morgan fingerprint density at radius 2 is 1.83 bits per heavy atom. The van der Waals surface area contributed by atoms with Crippen molar-refractivity contribution in [3.8, 4) is 11.1 Å². The molecule has 3 rings (SSSR count). The first kappa shape index (κ1) is 22.0. The highest BCUT2D eigenvalue weighted by Gasteiger charge is 2.51. The molecule has 1 saturated heterocycles. The molecule has 158 valence electrons. The minimum atomic E-state index is -0.353. The Balaban J connectivity index is 1.63. The molecular weight excluding hydrogens is 365 g/mol. The lowest BCUT2D eigenvalue weighted by Gasteiger charge is -2.32. The highest BCUT2D eigenvalue weighted by molar-refractivity contribution is 6.62. The van der Waals surface area contributed by atoms with E-state index in [-0.39, 0.29) is 18.3 Å². The third-order valence-corrected chi connectivity index (χ3v) is 5.91. The molecule has 0 atom stereocenters. The fraction of sp³-hybridized carbons (Fsp3) is 0.591. The summed E-state index contributed by atoms with van der Waals surface area (Å²) in [6.45, 7) is 14.6. The highest BCUT2D eigenvalue weighted by atomic mass is 16.7. The van der Waals surface area contributed by atoms with Crippen molar-refractivity contribution in [2.24, 2.45) is 0 Å². The van der Waals surface area contributed by atoms with Gasteiger partial charge < -0.3 is 18.9 Å². The molecule has 0 radical (unpaired) electrons. The summed E-state index contributed by atoms with van der Waals surface area (Å²) < 4.78 is 19.8. The van der Waals surface area contributed by atoms with E-state index in [1.54, 1.807) is 0 Å². The van der Waals surface area contributed by atoms with Gasteiger partial charge in [-0.15, -0.1) is 0 Å². The van der Waals surface area contributed by atoms with Crippen molar-refractivity contribution in [1.82, 2.24) is 14.7 Å². The van der Waals surface area contributed by atoms with Gasteiger partial charge in [0.05, 0.1) is 30.6 Å². The third-order valence-electron chi connectivity index (χ3n) is 5.91. The molecule has 1 fully saturated rings. The van der Waals surface area contributed by atoms with Crippen molar-refractivity contribution < 1.29 is 14.0 Å². The smallest absolute Gasteiger partial charge is 0.399 e. The second-order valence-corrected chi connectivity index (χ2v) is 8.71. The van der Waals surface area contributed by atoms with Crippen molar-refractivity contribution in [1.29, 1.82) is 0 Å². The predicted octanol–water partition coefficient (Wildman–Crippen LogP) is 2.82. The fourth-order valence-corrected chi connectivity index (χ4v) is 3.23. The minimum Gasteiger partial charge on any atom is -0.399 e. The zero-order valence-corrected chi connectivity index (χ0v) is 18.6. The summed E-state index contributed by atoms with van der Waals surface area (Å²) in [5, 5.41) is 4.53. The molecule has 0 amide bonds. The van der Waals surface area contributed by atoms with E-state index in [1.165, 1.54) is 0 Å².